The van der Waals surface area contributed by atoms with Gasteiger partial charge in [-0.25, -0.2) is 0 Å². The Morgan fingerprint density at radius 2 is 1.95 bits per heavy atom. The molecule has 0 N–H and O–H groups in total. The van der Waals surface area contributed by atoms with Gasteiger partial charge in [0, 0.05) is 0 Å². The third kappa shape index (κ3) is 2.09. The molecule has 1 aromatic carbocycles. The van der Waals surface area contributed by atoms with E-state index in [1.54, 1.807) is 0 Å². The summed E-state index contributed by atoms with van der Waals surface area (Å²) in [5, 5.41) is -0.134. The van der Waals surface area contributed by atoms with Gasteiger partial charge in [0.2, 0.25) is 0 Å². The molecule has 4 heteroatoms. The number of hydrogen-bond donors (Lipinski definition) is 0. The van der Waals surface area contributed by atoms with Crippen molar-refractivity contribution in [2.24, 2.45) is 17.3 Å². The van der Waals surface area contributed by atoms with E-state index in [0.717, 1.165) is 18.8 Å². The Balaban J connectivity index is 1.48. The number of halogens is 1. The van der Waals surface area contributed by atoms with E-state index in [2.05, 4.69) is 32.9 Å². The number of rotatable bonds is 3. The summed E-state index contributed by atoms with van der Waals surface area (Å²) in [6.07, 6.45) is 3.40. The molecule has 3 saturated carbocycles. The van der Waals surface area contributed by atoms with Crippen molar-refractivity contribution in [1.82, 2.24) is 0 Å². The third-order valence-electron chi connectivity index (χ3n) is 6.54. The minimum absolute atomic E-state index is 0.134. The zero-order valence-corrected chi connectivity index (χ0v) is 14.3. The van der Waals surface area contributed by atoms with Gasteiger partial charge in [0.05, 0.1) is 17.0 Å². The predicted octanol–water partition coefficient (Wildman–Crippen LogP) is 4.10. The SMILES string of the molecule is CC1(C)C2CC3OB(C(Cl)Cc4ccccc4)OC3(C)C1C2. The second-order valence-corrected chi connectivity index (χ2v) is 8.60. The van der Waals surface area contributed by atoms with Crippen molar-refractivity contribution in [3.8, 4) is 0 Å². The van der Waals surface area contributed by atoms with Gasteiger partial charge in [0.1, 0.15) is 0 Å². The molecular formula is C18H24BClO2. The summed E-state index contributed by atoms with van der Waals surface area (Å²) in [7, 11) is -0.285. The number of alkyl halides is 1. The van der Waals surface area contributed by atoms with E-state index in [0.29, 0.717) is 11.3 Å². The molecule has 1 saturated heterocycles. The normalized spacial score (nSPS) is 40.0. The summed E-state index contributed by atoms with van der Waals surface area (Å²) in [6.45, 7) is 7.00. The van der Waals surface area contributed by atoms with Crippen LogP contribution in [0.25, 0.3) is 0 Å². The fraction of sp³-hybridized carbons (Fsp3) is 0.667. The molecule has 1 aliphatic heterocycles. The molecule has 0 spiro atoms. The van der Waals surface area contributed by atoms with Crippen LogP contribution in [0.15, 0.2) is 30.3 Å². The van der Waals surface area contributed by atoms with E-state index in [-0.39, 0.29) is 24.1 Å². The van der Waals surface area contributed by atoms with E-state index < -0.39 is 0 Å². The zero-order valence-electron chi connectivity index (χ0n) is 13.6. The highest BCUT2D eigenvalue weighted by molar-refractivity contribution is 6.60. The molecule has 0 amide bonds. The Morgan fingerprint density at radius 1 is 1.23 bits per heavy atom. The monoisotopic (exact) mass is 318 g/mol. The standard InChI is InChI=1S/C18H24BClO2/c1-17(2)13-10-14(17)18(3)15(11-13)21-19(22-18)16(20)9-12-7-5-4-6-8-12/h4-8,13-16H,9-11H2,1-3H3. The summed E-state index contributed by atoms with van der Waals surface area (Å²) < 4.78 is 12.7. The first-order valence-corrected chi connectivity index (χ1v) is 8.86. The molecule has 4 fully saturated rings. The van der Waals surface area contributed by atoms with Crippen molar-refractivity contribution < 1.29 is 9.31 Å². The summed E-state index contributed by atoms with van der Waals surface area (Å²) in [5.41, 5.74) is 1.46. The van der Waals surface area contributed by atoms with Crippen LogP contribution in [0.2, 0.25) is 0 Å². The van der Waals surface area contributed by atoms with Crippen molar-refractivity contribution in [2.45, 2.75) is 57.0 Å². The number of hydrogen-bond acceptors (Lipinski definition) is 2. The van der Waals surface area contributed by atoms with Gasteiger partial charge in [-0.2, -0.15) is 0 Å². The molecule has 5 unspecified atom stereocenters. The lowest BCUT2D eigenvalue weighted by Crippen LogP contribution is -2.65. The fourth-order valence-electron chi connectivity index (χ4n) is 4.99. The summed E-state index contributed by atoms with van der Waals surface area (Å²) in [4.78, 5) is 0. The van der Waals surface area contributed by atoms with E-state index >= 15 is 0 Å². The van der Waals surface area contributed by atoms with Crippen LogP contribution in [0.1, 0.15) is 39.2 Å². The van der Waals surface area contributed by atoms with Crippen molar-refractivity contribution >= 4 is 18.7 Å². The molecule has 5 atom stereocenters. The van der Waals surface area contributed by atoms with Gasteiger partial charge in [0.25, 0.3) is 0 Å². The topological polar surface area (TPSA) is 18.5 Å². The summed E-state index contributed by atoms with van der Waals surface area (Å²) in [5.74, 6) is 1.37. The maximum absolute atomic E-state index is 6.63. The van der Waals surface area contributed by atoms with Gasteiger partial charge in [-0.3, -0.25) is 0 Å². The highest BCUT2D eigenvalue weighted by Gasteiger charge is 2.68. The van der Waals surface area contributed by atoms with Crippen molar-refractivity contribution in [3.63, 3.8) is 0 Å². The molecule has 22 heavy (non-hydrogen) atoms. The smallest absolute Gasteiger partial charge is 0.404 e. The van der Waals surface area contributed by atoms with E-state index in [1.165, 1.54) is 12.0 Å². The maximum atomic E-state index is 6.63. The minimum Gasteiger partial charge on any atom is -0.404 e. The lowest BCUT2D eigenvalue weighted by Gasteiger charge is -2.64. The van der Waals surface area contributed by atoms with Crippen LogP contribution < -0.4 is 0 Å². The predicted molar refractivity (Wildman–Crippen MR) is 89.9 cm³/mol. The van der Waals surface area contributed by atoms with Crippen LogP contribution in [0.4, 0.5) is 0 Å². The average molecular weight is 319 g/mol. The minimum atomic E-state index is -0.285. The molecular weight excluding hydrogens is 294 g/mol. The molecule has 2 nitrogen and oxygen atoms in total. The van der Waals surface area contributed by atoms with Crippen molar-refractivity contribution in [1.29, 1.82) is 0 Å². The summed E-state index contributed by atoms with van der Waals surface area (Å²) in [6, 6.07) is 10.3. The molecule has 5 rings (SSSR count). The summed E-state index contributed by atoms with van der Waals surface area (Å²) >= 11 is 6.63. The second-order valence-electron chi connectivity index (χ2n) is 8.04. The molecule has 0 radical (unpaired) electrons. The van der Waals surface area contributed by atoms with Crippen LogP contribution in [-0.4, -0.2) is 24.1 Å². The Hall–Kier alpha value is -0.505. The Kier molecular flexibility index (Phi) is 3.42. The van der Waals surface area contributed by atoms with Crippen LogP contribution >= 0.6 is 11.6 Å². The van der Waals surface area contributed by atoms with Gasteiger partial charge >= 0.3 is 7.12 Å². The van der Waals surface area contributed by atoms with Crippen molar-refractivity contribution in [3.05, 3.63) is 35.9 Å². The first kappa shape index (κ1) is 15.0. The lowest BCUT2D eigenvalue weighted by molar-refractivity contribution is -0.199. The van der Waals surface area contributed by atoms with Gasteiger partial charge in [-0.15, -0.1) is 11.6 Å². The van der Waals surface area contributed by atoms with Crippen LogP contribution in [-0.2, 0) is 15.7 Å². The third-order valence-corrected chi connectivity index (χ3v) is 6.90. The van der Waals surface area contributed by atoms with Gasteiger partial charge in [0.15, 0.2) is 0 Å². The first-order chi connectivity index (χ1) is 10.4. The largest absolute Gasteiger partial charge is 0.477 e. The fourth-order valence-corrected chi connectivity index (χ4v) is 5.28. The molecule has 118 valence electrons. The first-order valence-electron chi connectivity index (χ1n) is 8.42. The zero-order chi connectivity index (χ0) is 15.5. The highest BCUT2D eigenvalue weighted by Crippen LogP contribution is 2.65. The Labute approximate surface area is 138 Å². The molecule has 2 bridgehead atoms. The molecule has 0 aromatic heterocycles. The van der Waals surface area contributed by atoms with Crippen LogP contribution in [0, 0.1) is 17.3 Å². The number of benzene rings is 1. The van der Waals surface area contributed by atoms with E-state index in [9.17, 15) is 0 Å². The van der Waals surface area contributed by atoms with Crippen LogP contribution in [0.3, 0.4) is 0 Å². The average Bonchev–Trinajstić information content (AvgIpc) is 2.85. The molecule has 3 aliphatic carbocycles. The molecule has 4 aliphatic rings. The molecule has 1 heterocycles. The highest BCUT2D eigenvalue weighted by atomic mass is 35.5. The second kappa shape index (κ2) is 4.99. The van der Waals surface area contributed by atoms with Gasteiger partial charge in [-0.05, 0) is 49.0 Å². The Morgan fingerprint density at radius 3 is 2.64 bits per heavy atom. The van der Waals surface area contributed by atoms with E-state index in [4.69, 9.17) is 20.9 Å². The van der Waals surface area contributed by atoms with E-state index in [1.807, 2.05) is 18.2 Å². The quantitative estimate of drug-likeness (QED) is 0.617. The van der Waals surface area contributed by atoms with Crippen molar-refractivity contribution in [2.75, 3.05) is 0 Å². The molecule has 1 aromatic rings. The van der Waals surface area contributed by atoms with Gasteiger partial charge < -0.3 is 9.31 Å². The lowest BCUT2D eigenvalue weighted by atomic mass is 9.43. The Bertz CT molecular complexity index is 563. The van der Waals surface area contributed by atoms with Crippen LogP contribution in [0.5, 0.6) is 0 Å². The maximum Gasteiger partial charge on any atom is 0.477 e. The van der Waals surface area contributed by atoms with Gasteiger partial charge in [-0.1, -0.05) is 44.2 Å².